The van der Waals surface area contributed by atoms with Gasteiger partial charge in [0.1, 0.15) is 16.3 Å². The molecule has 1 atom stereocenters. The van der Waals surface area contributed by atoms with E-state index in [9.17, 15) is 13.2 Å². The number of hydrogen-bond acceptors (Lipinski definition) is 6. The lowest BCUT2D eigenvalue weighted by Gasteiger charge is -2.21. The summed E-state index contributed by atoms with van der Waals surface area (Å²) < 4.78 is 34.0. The van der Waals surface area contributed by atoms with Crippen LogP contribution in [0.5, 0.6) is 5.75 Å². The van der Waals surface area contributed by atoms with Gasteiger partial charge in [-0.05, 0) is 62.7 Å². The van der Waals surface area contributed by atoms with Gasteiger partial charge in [-0.25, -0.2) is 12.4 Å². The Labute approximate surface area is 174 Å². The summed E-state index contributed by atoms with van der Waals surface area (Å²) in [7, 11) is -1.89. The Hall–Kier alpha value is -2.91. The number of para-hydroxylation sites is 1. The Morgan fingerprint density at radius 3 is 2.93 bits per heavy atom. The van der Waals surface area contributed by atoms with Gasteiger partial charge in [0.15, 0.2) is 6.61 Å². The van der Waals surface area contributed by atoms with Crippen molar-refractivity contribution in [2.75, 3.05) is 25.5 Å². The highest BCUT2D eigenvalue weighted by molar-refractivity contribution is 7.90. The molecule has 1 amide bonds. The van der Waals surface area contributed by atoms with E-state index in [0.29, 0.717) is 22.8 Å². The van der Waals surface area contributed by atoms with Crippen molar-refractivity contribution >= 4 is 32.7 Å². The monoisotopic (exact) mass is 426 g/mol. The number of nitrogens with zero attached hydrogens (tertiary/aromatic N) is 3. The zero-order chi connectivity index (χ0) is 20.9. The molecule has 30 heavy (non-hydrogen) atoms. The highest BCUT2D eigenvalue weighted by atomic mass is 32.2. The molecule has 5 rings (SSSR count). The largest absolute Gasteiger partial charge is 0.482 e. The number of carbonyl (C=O) groups excluding carboxylic acids is 1. The van der Waals surface area contributed by atoms with E-state index < -0.39 is 10.0 Å². The molecular formula is C21H22N4O4S. The van der Waals surface area contributed by atoms with Crippen molar-refractivity contribution in [3.8, 4) is 5.75 Å². The topological polar surface area (TPSA) is 93.5 Å². The average Bonchev–Trinajstić information content (AvgIpc) is 3.32. The fraction of sp³-hybridized carbons (Fsp3) is 0.333. The number of nitrogens with one attached hydrogen (secondary N) is 1. The summed E-state index contributed by atoms with van der Waals surface area (Å²) in [6.45, 7) is 0.914. The third-order valence-electron chi connectivity index (χ3n) is 5.88. The molecule has 2 aliphatic heterocycles. The van der Waals surface area contributed by atoms with Crippen molar-refractivity contribution in [3.63, 3.8) is 0 Å². The first-order chi connectivity index (χ1) is 14.4. The SMILES string of the molecule is CN1CCC[C@@H]1Cc1cn(S(=O)(=O)c2cccc3c2NC(=O)CO3)c2cccnc12. The van der Waals surface area contributed by atoms with Gasteiger partial charge in [-0.15, -0.1) is 0 Å². The average molecular weight is 426 g/mol. The molecule has 9 heteroatoms. The predicted octanol–water partition coefficient (Wildman–Crippen LogP) is 2.24. The van der Waals surface area contributed by atoms with E-state index in [1.54, 1.807) is 36.7 Å². The summed E-state index contributed by atoms with van der Waals surface area (Å²) in [6.07, 6.45) is 6.31. The Balaban J connectivity index is 1.64. The number of hydrogen-bond donors (Lipinski definition) is 1. The van der Waals surface area contributed by atoms with Crippen molar-refractivity contribution in [1.82, 2.24) is 13.9 Å². The Morgan fingerprint density at radius 1 is 1.27 bits per heavy atom. The van der Waals surface area contributed by atoms with Crippen LogP contribution in [0.2, 0.25) is 0 Å². The number of likely N-dealkylation sites (tertiary alicyclic amines) is 1. The first-order valence-corrected chi connectivity index (χ1v) is 11.4. The van der Waals surface area contributed by atoms with E-state index >= 15 is 0 Å². The number of rotatable bonds is 4. The maximum absolute atomic E-state index is 13.7. The summed E-state index contributed by atoms with van der Waals surface area (Å²) in [6, 6.07) is 8.59. The Morgan fingerprint density at radius 2 is 2.13 bits per heavy atom. The highest BCUT2D eigenvalue weighted by Gasteiger charge is 2.30. The van der Waals surface area contributed by atoms with Crippen LogP contribution in [-0.2, 0) is 21.2 Å². The molecule has 1 N–H and O–H groups in total. The lowest BCUT2D eigenvalue weighted by Crippen LogP contribution is -2.27. The highest BCUT2D eigenvalue weighted by Crippen LogP contribution is 2.36. The maximum atomic E-state index is 13.7. The molecule has 1 fully saturated rings. The molecule has 0 unspecified atom stereocenters. The zero-order valence-corrected chi connectivity index (χ0v) is 17.4. The molecule has 0 saturated carbocycles. The molecule has 0 bridgehead atoms. The molecular weight excluding hydrogens is 404 g/mol. The molecule has 1 saturated heterocycles. The zero-order valence-electron chi connectivity index (χ0n) is 16.5. The fourth-order valence-electron chi connectivity index (χ4n) is 4.33. The summed E-state index contributed by atoms with van der Waals surface area (Å²) in [5.74, 6) is -0.0350. The molecule has 1 aromatic carbocycles. The van der Waals surface area contributed by atoms with Gasteiger partial charge in [-0.3, -0.25) is 9.78 Å². The Kier molecular flexibility index (Phi) is 4.52. The molecule has 4 heterocycles. The summed E-state index contributed by atoms with van der Waals surface area (Å²) in [4.78, 5) is 18.6. The van der Waals surface area contributed by atoms with Crippen LogP contribution in [-0.4, -0.2) is 54.4 Å². The number of amides is 1. The van der Waals surface area contributed by atoms with Gasteiger partial charge in [0.25, 0.3) is 15.9 Å². The minimum Gasteiger partial charge on any atom is -0.482 e. The fourth-order valence-corrected chi connectivity index (χ4v) is 5.87. The number of anilines is 1. The first kappa shape index (κ1) is 19.1. The van der Waals surface area contributed by atoms with Crippen molar-refractivity contribution in [1.29, 1.82) is 0 Å². The molecule has 0 spiro atoms. The van der Waals surface area contributed by atoms with Crippen LogP contribution in [0.25, 0.3) is 11.0 Å². The van der Waals surface area contributed by atoms with Crippen molar-refractivity contribution in [3.05, 3.63) is 48.3 Å². The van der Waals surface area contributed by atoms with Crippen LogP contribution in [0.4, 0.5) is 5.69 Å². The normalized spacial score (nSPS) is 19.5. The van der Waals surface area contributed by atoms with E-state index in [2.05, 4.69) is 22.2 Å². The van der Waals surface area contributed by atoms with E-state index in [4.69, 9.17) is 4.74 Å². The number of aromatic nitrogens is 2. The van der Waals surface area contributed by atoms with Crippen LogP contribution in [0, 0.1) is 0 Å². The lowest BCUT2D eigenvalue weighted by atomic mass is 10.1. The predicted molar refractivity (Wildman–Crippen MR) is 112 cm³/mol. The van der Waals surface area contributed by atoms with Gasteiger partial charge in [0, 0.05) is 18.4 Å². The third kappa shape index (κ3) is 3.05. The van der Waals surface area contributed by atoms with Gasteiger partial charge >= 0.3 is 0 Å². The van der Waals surface area contributed by atoms with Crippen LogP contribution in [0.1, 0.15) is 18.4 Å². The van der Waals surface area contributed by atoms with Crippen LogP contribution in [0.15, 0.2) is 47.6 Å². The molecule has 0 radical (unpaired) electrons. The molecule has 8 nitrogen and oxygen atoms in total. The van der Waals surface area contributed by atoms with Gasteiger partial charge in [0.05, 0.1) is 11.0 Å². The summed E-state index contributed by atoms with van der Waals surface area (Å²) >= 11 is 0. The van der Waals surface area contributed by atoms with Crippen molar-refractivity contribution < 1.29 is 17.9 Å². The second-order valence-corrected chi connectivity index (χ2v) is 9.56. The number of fused-ring (bicyclic) bond motifs is 2. The first-order valence-electron chi connectivity index (χ1n) is 9.91. The minimum absolute atomic E-state index is 0.00154. The van der Waals surface area contributed by atoms with E-state index in [1.807, 2.05) is 0 Å². The van der Waals surface area contributed by atoms with Gasteiger partial charge in [-0.2, -0.15) is 0 Å². The molecule has 3 aromatic rings. The quantitative estimate of drug-likeness (QED) is 0.688. The van der Waals surface area contributed by atoms with Crippen LogP contribution in [0.3, 0.4) is 0 Å². The number of carbonyl (C=O) groups is 1. The second-order valence-electron chi connectivity index (χ2n) is 7.77. The van der Waals surface area contributed by atoms with E-state index in [0.717, 1.165) is 31.4 Å². The van der Waals surface area contributed by atoms with E-state index in [-0.39, 0.29) is 23.1 Å². The van der Waals surface area contributed by atoms with E-state index in [1.165, 1.54) is 10.0 Å². The standard InChI is InChI=1S/C21H22N4O4S/c1-24-10-4-5-15(24)11-14-12-25(16-6-3-9-22-20(14)16)30(27,28)18-8-2-7-17-21(18)23-19(26)13-29-17/h2-3,6-9,12,15H,4-5,10-11,13H2,1H3,(H,23,26)/t15-/m1/s1. The molecule has 156 valence electrons. The van der Waals surface area contributed by atoms with Crippen LogP contribution < -0.4 is 10.1 Å². The van der Waals surface area contributed by atoms with Crippen molar-refractivity contribution in [2.24, 2.45) is 0 Å². The smallest absolute Gasteiger partial charge is 0.270 e. The summed E-state index contributed by atoms with van der Waals surface area (Å²) in [5, 5.41) is 2.65. The molecule has 2 aliphatic rings. The van der Waals surface area contributed by atoms with Gasteiger partial charge < -0.3 is 15.0 Å². The van der Waals surface area contributed by atoms with Gasteiger partial charge in [0.2, 0.25) is 0 Å². The third-order valence-corrected chi connectivity index (χ3v) is 7.59. The van der Waals surface area contributed by atoms with Crippen LogP contribution >= 0.6 is 0 Å². The molecule has 0 aliphatic carbocycles. The maximum Gasteiger partial charge on any atom is 0.270 e. The lowest BCUT2D eigenvalue weighted by molar-refractivity contribution is -0.118. The molecule has 2 aromatic heterocycles. The minimum atomic E-state index is -3.99. The number of likely N-dealkylation sites (N-methyl/N-ethyl adjacent to an activating group) is 1. The number of pyridine rings is 1. The number of ether oxygens (including phenoxy) is 1. The summed E-state index contributed by atoms with van der Waals surface area (Å²) in [5.41, 5.74) is 2.29. The van der Waals surface area contributed by atoms with Gasteiger partial charge in [-0.1, -0.05) is 6.07 Å². The number of benzene rings is 1. The van der Waals surface area contributed by atoms with Crippen molar-refractivity contribution in [2.45, 2.75) is 30.2 Å². The second kappa shape index (κ2) is 7.10. The Bertz CT molecular complexity index is 1250.